The number of carbonyl (C=O) groups is 1. The molecule has 0 fully saturated rings. The summed E-state index contributed by atoms with van der Waals surface area (Å²) in [6.07, 6.45) is 0. The minimum atomic E-state index is -0.808. The molecule has 0 radical (unpaired) electrons. The van der Waals surface area contributed by atoms with Crippen molar-refractivity contribution in [2.45, 2.75) is 6.92 Å². The number of rotatable bonds is 4. The summed E-state index contributed by atoms with van der Waals surface area (Å²) in [6.45, 7) is 1.58. The molecule has 1 aromatic rings. The summed E-state index contributed by atoms with van der Waals surface area (Å²) < 4.78 is 4.87. The SMILES string of the molecule is COc1ccc(C(C)=NNC(N)=O)cc1[N+](=O)[O-]. The predicted molar refractivity (Wildman–Crippen MR) is 64.6 cm³/mol. The quantitative estimate of drug-likeness (QED) is 0.471. The molecule has 3 N–H and O–H groups in total. The van der Waals surface area contributed by atoms with Crippen molar-refractivity contribution in [2.24, 2.45) is 10.8 Å². The van der Waals surface area contributed by atoms with Crippen LogP contribution in [0.5, 0.6) is 5.75 Å². The van der Waals surface area contributed by atoms with E-state index in [1.54, 1.807) is 13.0 Å². The smallest absolute Gasteiger partial charge is 0.332 e. The molecule has 0 unspecified atom stereocenters. The molecule has 8 nitrogen and oxygen atoms in total. The fourth-order valence-corrected chi connectivity index (χ4v) is 1.26. The zero-order valence-electron chi connectivity index (χ0n) is 9.84. The maximum absolute atomic E-state index is 10.8. The van der Waals surface area contributed by atoms with Gasteiger partial charge >= 0.3 is 11.7 Å². The van der Waals surface area contributed by atoms with E-state index in [9.17, 15) is 14.9 Å². The number of benzene rings is 1. The normalized spacial score (nSPS) is 10.9. The van der Waals surface area contributed by atoms with Gasteiger partial charge in [-0.05, 0) is 19.1 Å². The molecule has 0 aliphatic rings. The zero-order valence-corrected chi connectivity index (χ0v) is 9.84. The van der Waals surface area contributed by atoms with Crippen LogP contribution in [0.3, 0.4) is 0 Å². The van der Waals surface area contributed by atoms with Gasteiger partial charge in [0, 0.05) is 11.6 Å². The molecule has 8 heteroatoms. The second kappa shape index (κ2) is 5.62. The second-order valence-corrected chi connectivity index (χ2v) is 3.32. The molecule has 0 atom stereocenters. The van der Waals surface area contributed by atoms with E-state index in [4.69, 9.17) is 10.5 Å². The highest BCUT2D eigenvalue weighted by atomic mass is 16.6. The average molecular weight is 252 g/mol. The summed E-state index contributed by atoms with van der Waals surface area (Å²) in [6, 6.07) is 3.54. The van der Waals surface area contributed by atoms with Gasteiger partial charge in [-0.15, -0.1) is 0 Å². The van der Waals surface area contributed by atoms with Crippen molar-refractivity contribution < 1.29 is 14.5 Å². The van der Waals surface area contributed by atoms with Crippen LogP contribution >= 0.6 is 0 Å². The third-order valence-electron chi connectivity index (χ3n) is 2.13. The van der Waals surface area contributed by atoms with E-state index in [0.717, 1.165) is 0 Å². The number of urea groups is 1. The van der Waals surface area contributed by atoms with E-state index < -0.39 is 11.0 Å². The molecule has 0 saturated heterocycles. The lowest BCUT2D eigenvalue weighted by Crippen LogP contribution is -2.25. The molecule has 96 valence electrons. The van der Waals surface area contributed by atoms with Crippen molar-refractivity contribution in [1.29, 1.82) is 0 Å². The van der Waals surface area contributed by atoms with E-state index >= 15 is 0 Å². The molecule has 1 aromatic carbocycles. The van der Waals surface area contributed by atoms with E-state index in [1.807, 2.05) is 5.43 Å². The van der Waals surface area contributed by atoms with Crippen LogP contribution in [-0.2, 0) is 0 Å². The Morgan fingerprint density at radius 1 is 1.56 bits per heavy atom. The first-order chi connectivity index (χ1) is 8.45. The van der Waals surface area contributed by atoms with Crippen molar-refractivity contribution in [3.8, 4) is 5.75 Å². The third kappa shape index (κ3) is 3.17. The van der Waals surface area contributed by atoms with Gasteiger partial charge in [0.2, 0.25) is 0 Å². The summed E-state index contributed by atoms with van der Waals surface area (Å²) in [4.78, 5) is 20.7. The molecule has 0 heterocycles. The lowest BCUT2D eigenvalue weighted by Gasteiger charge is -2.04. The van der Waals surface area contributed by atoms with E-state index in [-0.39, 0.29) is 11.4 Å². The van der Waals surface area contributed by atoms with Crippen LogP contribution in [-0.4, -0.2) is 23.8 Å². The zero-order chi connectivity index (χ0) is 13.7. The van der Waals surface area contributed by atoms with Crippen LogP contribution in [0, 0.1) is 10.1 Å². The summed E-state index contributed by atoms with van der Waals surface area (Å²) in [5, 5.41) is 14.5. The predicted octanol–water partition coefficient (Wildman–Crippen LogP) is 0.996. The van der Waals surface area contributed by atoms with Gasteiger partial charge in [-0.2, -0.15) is 5.10 Å². The van der Waals surface area contributed by atoms with Crippen molar-refractivity contribution in [2.75, 3.05) is 7.11 Å². The first-order valence-corrected chi connectivity index (χ1v) is 4.88. The van der Waals surface area contributed by atoms with Crippen molar-refractivity contribution in [3.63, 3.8) is 0 Å². The Morgan fingerprint density at radius 3 is 2.72 bits per heavy atom. The molecule has 0 spiro atoms. The molecule has 0 saturated carbocycles. The van der Waals surface area contributed by atoms with Gasteiger partial charge in [0.1, 0.15) is 0 Å². The number of nitrogens with two attached hydrogens (primary N) is 1. The lowest BCUT2D eigenvalue weighted by molar-refractivity contribution is -0.385. The molecule has 18 heavy (non-hydrogen) atoms. The highest BCUT2D eigenvalue weighted by Gasteiger charge is 2.16. The Morgan fingerprint density at radius 2 is 2.22 bits per heavy atom. The van der Waals surface area contributed by atoms with Crippen LogP contribution in [0.2, 0.25) is 0 Å². The molecule has 1 rings (SSSR count). The van der Waals surface area contributed by atoms with Crippen LogP contribution in [0.25, 0.3) is 0 Å². The lowest BCUT2D eigenvalue weighted by atomic mass is 10.1. The number of primary amides is 1. The Labute approximate surface area is 103 Å². The Hall–Kier alpha value is -2.64. The minimum Gasteiger partial charge on any atom is -0.490 e. The number of nitrogens with one attached hydrogen (secondary N) is 1. The van der Waals surface area contributed by atoms with Crippen LogP contribution in [0.1, 0.15) is 12.5 Å². The summed E-state index contributed by atoms with van der Waals surface area (Å²) >= 11 is 0. The number of amides is 2. The number of nitrogens with zero attached hydrogens (tertiary/aromatic N) is 2. The largest absolute Gasteiger partial charge is 0.490 e. The van der Waals surface area contributed by atoms with Gasteiger partial charge in [0.05, 0.1) is 17.7 Å². The number of hydrazone groups is 1. The van der Waals surface area contributed by atoms with Crippen LogP contribution in [0.4, 0.5) is 10.5 Å². The average Bonchev–Trinajstić information content (AvgIpc) is 2.34. The Balaban J connectivity index is 3.11. The highest BCUT2D eigenvalue weighted by molar-refractivity contribution is 5.99. The fraction of sp³-hybridized carbons (Fsp3) is 0.200. The summed E-state index contributed by atoms with van der Waals surface area (Å²) in [5.74, 6) is 0.152. The number of carbonyl (C=O) groups excluding carboxylic acids is 1. The number of ether oxygens (including phenoxy) is 1. The van der Waals surface area contributed by atoms with Gasteiger partial charge in [-0.1, -0.05) is 0 Å². The van der Waals surface area contributed by atoms with Crippen molar-refractivity contribution in [1.82, 2.24) is 5.43 Å². The second-order valence-electron chi connectivity index (χ2n) is 3.32. The number of methoxy groups -OCH3 is 1. The topological polar surface area (TPSA) is 120 Å². The monoisotopic (exact) mass is 252 g/mol. The van der Waals surface area contributed by atoms with E-state index in [1.165, 1.54) is 19.2 Å². The molecule has 2 amide bonds. The molecule has 0 bridgehead atoms. The van der Waals surface area contributed by atoms with Gasteiger partial charge in [0.25, 0.3) is 0 Å². The Kier molecular flexibility index (Phi) is 4.19. The molecular weight excluding hydrogens is 240 g/mol. The molecule has 0 aliphatic heterocycles. The van der Waals surface area contributed by atoms with E-state index in [0.29, 0.717) is 11.3 Å². The number of hydrogen-bond donors (Lipinski definition) is 2. The maximum atomic E-state index is 10.8. The van der Waals surface area contributed by atoms with Crippen molar-refractivity contribution in [3.05, 3.63) is 33.9 Å². The van der Waals surface area contributed by atoms with Gasteiger partial charge < -0.3 is 10.5 Å². The van der Waals surface area contributed by atoms with Crippen molar-refractivity contribution >= 4 is 17.4 Å². The standard InChI is InChI=1S/C10H12N4O4/c1-6(12-13-10(11)15)7-3-4-9(18-2)8(5-7)14(16)17/h3-5H,1-2H3,(H3,11,13,15). The number of hydrogen-bond acceptors (Lipinski definition) is 5. The van der Waals surface area contributed by atoms with Gasteiger partial charge in [-0.25, -0.2) is 10.2 Å². The molecular formula is C10H12N4O4. The number of nitro benzene ring substituents is 1. The van der Waals surface area contributed by atoms with Crippen LogP contribution in [0.15, 0.2) is 23.3 Å². The highest BCUT2D eigenvalue weighted by Crippen LogP contribution is 2.27. The first kappa shape index (κ1) is 13.4. The van der Waals surface area contributed by atoms with Gasteiger partial charge in [0.15, 0.2) is 5.75 Å². The van der Waals surface area contributed by atoms with E-state index in [2.05, 4.69) is 5.10 Å². The van der Waals surface area contributed by atoms with Crippen LogP contribution < -0.4 is 15.9 Å². The maximum Gasteiger partial charge on any atom is 0.332 e. The minimum absolute atomic E-state index is 0.152. The Bertz CT molecular complexity index is 513. The van der Waals surface area contributed by atoms with Gasteiger partial charge in [-0.3, -0.25) is 10.1 Å². The molecule has 0 aromatic heterocycles. The first-order valence-electron chi connectivity index (χ1n) is 4.88. The molecule has 0 aliphatic carbocycles. The summed E-state index contributed by atoms with van der Waals surface area (Å²) in [7, 11) is 1.34. The third-order valence-corrected chi connectivity index (χ3v) is 2.13. The number of nitro groups is 1. The summed E-state index contributed by atoms with van der Waals surface area (Å²) in [5.41, 5.74) is 7.60. The fourth-order valence-electron chi connectivity index (χ4n) is 1.26.